The summed E-state index contributed by atoms with van der Waals surface area (Å²) in [6, 6.07) is 10.8. The van der Waals surface area contributed by atoms with Gasteiger partial charge in [-0.3, -0.25) is 20.2 Å². The number of amides is 4. The third-order valence-corrected chi connectivity index (χ3v) is 10.6. The van der Waals surface area contributed by atoms with E-state index in [0.717, 1.165) is 36.8 Å². The maximum Gasteiger partial charge on any atom is 1.00 e. The summed E-state index contributed by atoms with van der Waals surface area (Å²) in [7, 11) is -15.0. The molecule has 272 valence electrons. The molecule has 4 aromatic rings. The SMILES string of the molecule is CCC1(CCC(C)C)C(=O)NC(=O)NC1=O.O=S(=O)([O-])c1ccc2c(N=Nc3ccc(S(=O)(=O)[O-])c4ccccc34)c(O)c(S(=O)(=O)[O-])cc2c1.[Na+].[Na+].[Na+]. The number of nitrogens with zero attached hydrogens (tertiary/aromatic N) is 2. The fourth-order valence-electron chi connectivity index (χ4n) is 5.28. The summed E-state index contributed by atoms with van der Waals surface area (Å²) in [6.07, 6.45) is 1.67. The zero-order valence-electron chi connectivity index (χ0n) is 29.9. The fourth-order valence-corrected chi connectivity index (χ4v) is 7.07. The standard InChI is InChI=1S/C20H14N2O10S3.C11H18N2O3.3Na/c23-20-18(35(30,31)32)10-11-9-12(33(24,25)26)5-6-13(11)19(20)22-21-16-7-8-17(34(27,28)29)15-4-2-1-3-14(15)16;1-4-11(6-5-7(2)3)8(14)12-10(16)13-9(11)15;;;/h1-10,23H,(H,24,25,26)(H,27,28,29)(H,30,31,32);7H,4-6H2,1-3H3,(H2,12,13,14,15,16);;;/q;;3*+1/p-3. The number of carbonyl (C=O) groups is 3. The average molecular weight is 831 g/mol. The third kappa shape index (κ3) is 11.4. The number of carbonyl (C=O) groups excluding carboxylic acids is 3. The number of aromatic hydroxyl groups is 1. The molecular formula is C31H29N4Na3O13S3. The predicted octanol–water partition coefficient (Wildman–Crippen LogP) is -4.98. The van der Waals surface area contributed by atoms with Gasteiger partial charge in [0.25, 0.3) is 0 Å². The minimum atomic E-state index is -5.27. The number of phenolic OH excluding ortho intramolecular Hbond substituents is 1. The van der Waals surface area contributed by atoms with Crippen LogP contribution in [0.5, 0.6) is 5.75 Å². The minimum absolute atomic E-state index is 0. The number of fused-ring (bicyclic) bond motifs is 2. The van der Waals surface area contributed by atoms with E-state index in [4.69, 9.17) is 0 Å². The second-order valence-corrected chi connectivity index (χ2v) is 15.8. The molecule has 5 rings (SSSR count). The summed E-state index contributed by atoms with van der Waals surface area (Å²) >= 11 is 0. The van der Waals surface area contributed by atoms with Crippen molar-refractivity contribution < 1.29 is 147 Å². The topological polar surface area (TPSA) is 292 Å². The van der Waals surface area contributed by atoms with Crippen LogP contribution in [0, 0.1) is 11.3 Å². The van der Waals surface area contributed by atoms with Crippen molar-refractivity contribution >= 4 is 81.1 Å². The van der Waals surface area contributed by atoms with Crippen molar-refractivity contribution in [2.75, 3.05) is 0 Å². The van der Waals surface area contributed by atoms with Crippen LogP contribution in [0.25, 0.3) is 21.5 Å². The fraction of sp³-hybridized carbons (Fsp3) is 0.258. The molecule has 0 saturated carbocycles. The van der Waals surface area contributed by atoms with Gasteiger partial charge in [-0.1, -0.05) is 51.1 Å². The van der Waals surface area contributed by atoms with E-state index >= 15 is 0 Å². The van der Waals surface area contributed by atoms with Crippen molar-refractivity contribution in [1.29, 1.82) is 0 Å². The van der Waals surface area contributed by atoms with Gasteiger partial charge in [0.1, 0.15) is 41.5 Å². The molecule has 0 spiro atoms. The Kier molecular flexibility index (Phi) is 18.1. The van der Waals surface area contributed by atoms with Crippen LogP contribution >= 0.6 is 0 Å². The summed E-state index contributed by atoms with van der Waals surface area (Å²) < 4.78 is 104. The van der Waals surface area contributed by atoms with Crippen molar-refractivity contribution in [3.05, 3.63) is 60.7 Å². The summed E-state index contributed by atoms with van der Waals surface area (Å²) in [4.78, 5) is 32.2. The number of nitrogens with one attached hydrogen (secondary N) is 2. The Balaban J connectivity index is 0.000000654. The van der Waals surface area contributed by atoms with Gasteiger partial charge < -0.3 is 18.8 Å². The Morgan fingerprint density at radius 3 is 1.78 bits per heavy atom. The summed E-state index contributed by atoms with van der Waals surface area (Å²) in [5, 5.41) is 22.5. The van der Waals surface area contributed by atoms with Crippen LogP contribution in [-0.4, -0.2) is 61.9 Å². The monoisotopic (exact) mass is 830 g/mol. The maximum atomic E-state index is 11.8. The Hall–Kier alpha value is -1.86. The Morgan fingerprint density at radius 2 is 1.28 bits per heavy atom. The first kappa shape index (κ1) is 50.2. The molecule has 54 heavy (non-hydrogen) atoms. The molecule has 0 aromatic heterocycles. The summed E-state index contributed by atoms with van der Waals surface area (Å²) in [6.45, 7) is 5.86. The minimum Gasteiger partial charge on any atom is -0.744 e. The number of barbiturate groups is 1. The van der Waals surface area contributed by atoms with Crippen molar-refractivity contribution in [2.45, 2.75) is 54.7 Å². The predicted molar refractivity (Wildman–Crippen MR) is 176 cm³/mol. The first-order valence-electron chi connectivity index (χ1n) is 14.9. The Bertz CT molecular complexity index is 2440. The average Bonchev–Trinajstić information content (AvgIpc) is 3.02. The van der Waals surface area contributed by atoms with Gasteiger partial charge in [-0.2, -0.15) is 0 Å². The van der Waals surface area contributed by atoms with E-state index in [-0.39, 0.29) is 116 Å². The van der Waals surface area contributed by atoms with E-state index < -0.39 is 79.7 Å². The molecule has 23 heteroatoms. The van der Waals surface area contributed by atoms with Gasteiger partial charge >= 0.3 is 94.7 Å². The van der Waals surface area contributed by atoms with Gasteiger partial charge in [-0.25, -0.2) is 30.0 Å². The third-order valence-electron chi connectivity index (χ3n) is 8.04. The van der Waals surface area contributed by atoms with Crippen LogP contribution < -0.4 is 99.3 Å². The van der Waals surface area contributed by atoms with Gasteiger partial charge in [0, 0.05) is 16.2 Å². The first-order valence-corrected chi connectivity index (χ1v) is 19.1. The molecule has 3 N–H and O–H groups in total. The number of benzene rings is 4. The number of imide groups is 2. The normalized spacial score (nSPS) is 14.3. The van der Waals surface area contributed by atoms with E-state index in [2.05, 4.69) is 20.9 Å². The zero-order chi connectivity index (χ0) is 38.1. The largest absolute Gasteiger partial charge is 1.00 e. The first-order chi connectivity index (χ1) is 23.6. The maximum absolute atomic E-state index is 11.8. The molecule has 0 atom stereocenters. The second-order valence-electron chi connectivity index (χ2n) is 11.8. The molecule has 1 saturated heterocycles. The van der Waals surface area contributed by atoms with Gasteiger partial charge in [-0.05, 0) is 60.9 Å². The second kappa shape index (κ2) is 19.5. The van der Waals surface area contributed by atoms with Crippen molar-refractivity contribution in [3.63, 3.8) is 0 Å². The summed E-state index contributed by atoms with van der Waals surface area (Å²) in [5.41, 5.74) is -1.58. The van der Waals surface area contributed by atoms with Crippen LogP contribution in [0.1, 0.15) is 40.0 Å². The Labute approximate surface area is 377 Å². The molecule has 1 aliphatic heterocycles. The number of hydrogen-bond acceptors (Lipinski definition) is 15. The van der Waals surface area contributed by atoms with E-state index in [1.807, 2.05) is 13.8 Å². The van der Waals surface area contributed by atoms with Gasteiger partial charge in [0.2, 0.25) is 11.8 Å². The van der Waals surface area contributed by atoms with Gasteiger partial charge in [-0.15, -0.1) is 10.2 Å². The molecule has 4 amide bonds. The molecule has 1 aliphatic rings. The Morgan fingerprint density at radius 1 is 0.722 bits per heavy atom. The molecule has 4 aromatic carbocycles. The van der Waals surface area contributed by atoms with Crippen molar-refractivity contribution in [1.82, 2.24) is 10.6 Å². The quantitative estimate of drug-likeness (QED) is 0.0618. The smallest absolute Gasteiger partial charge is 0.744 e. The number of hydrogen-bond donors (Lipinski definition) is 3. The van der Waals surface area contributed by atoms with Crippen LogP contribution in [0.3, 0.4) is 0 Å². The van der Waals surface area contributed by atoms with E-state index in [0.29, 0.717) is 24.8 Å². The van der Waals surface area contributed by atoms with E-state index in [1.54, 1.807) is 6.92 Å². The van der Waals surface area contributed by atoms with Gasteiger partial charge in [0.05, 0.1) is 20.4 Å². The number of azo groups is 1. The van der Waals surface area contributed by atoms with Crippen LogP contribution in [-0.2, 0) is 39.9 Å². The van der Waals surface area contributed by atoms with Crippen LogP contribution in [0.4, 0.5) is 16.2 Å². The van der Waals surface area contributed by atoms with Gasteiger partial charge in [0.15, 0.2) is 5.75 Å². The van der Waals surface area contributed by atoms with Crippen LogP contribution in [0.15, 0.2) is 85.6 Å². The van der Waals surface area contributed by atoms with Crippen molar-refractivity contribution in [2.24, 2.45) is 21.6 Å². The van der Waals surface area contributed by atoms with E-state index in [1.165, 1.54) is 24.3 Å². The van der Waals surface area contributed by atoms with Crippen LogP contribution in [0.2, 0.25) is 0 Å². The number of phenols is 1. The molecule has 1 heterocycles. The van der Waals surface area contributed by atoms with Crippen molar-refractivity contribution in [3.8, 4) is 5.75 Å². The molecule has 0 aliphatic carbocycles. The number of rotatable bonds is 9. The number of urea groups is 1. The van der Waals surface area contributed by atoms with E-state index in [9.17, 15) is 58.4 Å². The zero-order valence-corrected chi connectivity index (χ0v) is 38.4. The molecular weight excluding hydrogens is 802 g/mol. The molecule has 1 fully saturated rings. The molecule has 0 unspecified atom stereocenters. The molecule has 0 bridgehead atoms. The molecule has 0 radical (unpaired) electrons. The summed E-state index contributed by atoms with van der Waals surface area (Å²) in [5.74, 6) is -1.59. The molecule has 17 nitrogen and oxygen atoms in total.